The van der Waals surface area contributed by atoms with Crippen LogP contribution in [-0.2, 0) is 5.44 Å². The fourth-order valence-electron chi connectivity index (χ4n) is 5.40. The maximum Gasteiger partial charge on any atom is 0.148 e. The predicted molar refractivity (Wildman–Crippen MR) is 166 cm³/mol. The Morgan fingerprint density at radius 1 is 1.02 bits per heavy atom. The minimum Gasteiger partial charge on any atom is -0.378 e. The van der Waals surface area contributed by atoms with Gasteiger partial charge in [0.15, 0.2) is 0 Å². The number of fused-ring (bicyclic) bond motifs is 2. The van der Waals surface area contributed by atoms with Crippen LogP contribution in [0.5, 0.6) is 0 Å². The summed E-state index contributed by atoms with van der Waals surface area (Å²) in [5.41, 5.74) is 3.72. The van der Waals surface area contributed by atoms with E-state index in [1.54, 1.807) is 18.2 Å². The second-order valence-electron chi connectivity index (χ2n) is 10.7. The van der Waals surface area contributed by atoms with Crippen molar-refractivity contribution in [2.24, 2.45) is 0 Å². The normalized spacial score (nSPS) is 14.4. The van der Waals surface area contributed by atoms with Crippen LogP contribution in [0.15, 0.2) is 91.3 Å². The molecule has 1 aliphatic rings. The lowest BCUT2D eigenvalue weighted by Crippen LogP contribution is -2.37. The molecular weight excluding hydrogens is 548 g/mol. The first-order valence-corrected chi connectivity index (χ1v) is 14.0. The summed E-state index contributed by atoms with van der Waals surface area (Å²) in [6.45, 7) is 0. The Hall–Kier alpha value is -4.94. The van der Waals surface area contributed by atoms with E-state index in [9.17, 15) is 9.65 Å². The van der Waals surface area contributed by atoms with Crippen molar-refractivity contribution in [3.8, 4) is 6.07 Å². The molecule has 7 nitrogen and oxygen atoms in total. The summed E-state index contributed by atoms with van der Waals surface area (Å²) in [7, 11) is 1.98. The Labute approximate surface area is 247 Å². The number of anilines is 3. The van der Waals surface area contributed by atoms with Crippen molar-refractivity contribution in [1.82, 2.24) is 20.0 Å². The molecule has 2 heterocycles. The fourth-order valence-corrected chi connectivity index (χ4v) is 5.67. The van der Waals surface area contributed by atoms with E-state index in [1.807, 2.05) is 67.3 Å². The van der Waals surface area contributed by atoms with Crippen molar-refractivity contribution in [2.45, 2.75) is 24.3 Å². The number of hydrogen-bond donors (Lipinski definition) is 2. The number of nitrogens with one attached hydrogen (secondary N) is 2. The molecule has 0 radical (unpaired) electrons. The SMILES string of the molecule is BC(Nc1cc(Cl)c2ncc(C#N)c(Nc3cccc4ccccc34)c2c1)(c1ccc(F)cc1)c1cn(C2CC2)nn1. The van der Waals surface area contributed by atoms with Crippen LogP contribution in [0.25, 0.3) is 21.7 Å². The van der Waals surface area contributed by atoms with Crippen molar-refractivity contribution >= 4 is 58.2 Å². The van der Waals surface area contributed by atoms with E-state index in [0.29, 0.717) is 44.6 Å². The molecule has 0 saturated heterocycles. The molecule has 2 N–H and O–H groups in total. The van der Waals surface area contributed by atoms with Gasteiger partial charge in [-0.2, -0.15) is 5.26 Å². The van der Waals surface area contributed by atoms with Gasteiger partial charge in [0.2, 0.25) is 0 Å². The van der Waals surface area contributed by atoms with Crippen LogP contribution in [-0.4, -0.2) is 27.8 Å². The summed E-state index contributed by atoms with van der Waals surface area (Å²) < 4.78 is 15.8. The molecule has 1 saturated carbocycles. The number of rotatable bonds is 7. The summed E-state index contributed by atoms with van der Waals surface area (Å²) >= 11 is 6.83. The standard InChI is InChI=1S/C32H24BClFN7/c33-32(21-8-10-22(35)11-9-21,29-18-42(41-40-29)24-12-13-24)39-23-14-26-30(20(16-36)17-37-31(26)27(34)15-23)38-28-7-3-5-19-4-1-2-6-25(19)28/h1-11,14-15,17-18,24,39H,12-13,33H2,(H,37,38). The number of aromatic nitrogens is 4. The predicted octanol–water partition coefficient (Wildman–Crippen LogP) is 6.67. The van der Waals surface area contributed by atoms with Gasteiger partial charge in [0, 0.05) is 28.3 Å². The van der Waals surface area contributed by atoms with Crippen molar-refractivity contribution < 1.29 is 4.39 Å². The maximum atomic E-state index is 13.9. The number of pyridine rings is 1. The lowest BCUT2D eigenvalue weighted by molar-refractivity contribution is 0.610. The van der Waals surface area contributed by atoms with E-state index in [-0.39, 0.29) is 5.82 Å². The van der Waals surface area contributed by atoms with Crippen LogP contribution in [0.4, 0.5) is 21.5 Å². The lowest BCUT2D eigenvalue weighted by atomic mass is 9.69. The highest BCUT2D eigenvalue weighted by Crippen LogP contribution is 2.39. The Bertz CT molecular complexity index is 2010. The first-order chi connectivity index (χ1) is 20.4. The summed E-state index contributed by atoms with van der Waals surface area (Å²) in [6, 6.07) is 26.8. The van der Waals surface area contributed by atoms with Gasteiger partial charge in [-0.1, -0.05) is 65.3 Å². The van der Waals surface area contributed by atoms with Crippen molar-refractivity contribution in [2.75, 3.05) is 10.6 Å². The monoisotopic (exact) mass is 571 g/mol. The zero-order valence-corrected chi connectivity index (χ0v) is 23.4. The molecule has 4 aromatic carbocycles. The molecule has 2 aromatic heterocycles. The minimum absolute atomic E-state index is 0.323. The molecule has 42 heavy (non-hydrogen) atoms. The number of benzene rings is 4. The highest BCUT2D eigenvalue weighted by molar-refractivity contribution is 6.36. The van der Waals surface area contributed by atoms with Crippen LogP contribution in [0.3, 0.4) is 0 Å². The van der Waals surface area contributed by atoms with Crippen molar-refractivity contribution in [1.29, 1.82) is 5.26 Å². The van der Waals surface area contributed by atoms with Gasteiger partial charge >= 0.3 is 0 Å². The van der Waals surface area contributed by atoms with E-state index < -0.39 is 5.44 Å². The number of halogens is 2. The molecule has 0 amide bonds. The smallest absolute Gasteiger partial charge is 0.148 e. The molecule has 1 aliphatic carbocycles. The van der Waals surface area contributed by atoms with E-state index >= 15 is 0 Å². The van der Waals surface area contributed by atoms with E-state index in [2.05, 4.69) is 32.0 Å². The topological polar surface area (TPSA) is 91.5 Å². The molecule has 1 unspecified atom stereocenters. The molecule has 0 spiro atoms. The molecular formula is C32H24BClFN7. The molecule has 1 atom stereocenters. The van der Waals surface area contributed by atoms with Crippen LogP contribution in [0, 0.1) is 17.1 Å². The van der Waals surface area contributed by atoms with Crippen LogP contribution in [0.2, 0.25) is 5.02 Å². The first-order valence-electron chi connectivity index (χ1n) is 13.7. The Balaban J connectivity index is 1.36. The van der Waals surface area contributed by atoms with Gasteiger partial charge in [-0.15, -0.1) is 5.10 Å². The summed E-state index contributed by atoms with van der Waals surface area (Å²) in [5, 5.41) is 29.2. The third-order valence-electron chi connectivity index (χ3n) is 7.85. The zero-order valence-electron chi connectivity index (χ0n) is 22.6. The van der Waals surface area contributed by atoms with Crippen molar-refractivity contribution in [3.63, 3.8) is 0 Å². The van der Waals surface area contributed by atoms with Gasteiger partial charge in [-0.25, -0.2) is 9.07 Å². The molecule has 204 valence electrons. The van der Waals surface area contributed by atoms with Crippen LogP contribution < -0.4 is 10.6 Å². The minimum atomic E-state index is -0.874. The van der Waals surface area contributed by atoms with Gasteiger partial charge < -0.3 is 10.6 Å². The first kappa shape index (κ1) is 26.0. The summed E-state index contributed by atoms with van der Waals surface area (Å²) in [5.74, 6) is -0.323. The quantitative estimate of drug-likeness (QED) is 0.208. The average Bonchev–Trinajstić information content (AvgIpc) is 3.73. The van der Waals surface area contributed by atoms with Gasteiger partial charge in [0.1, 0.15) is 25.4 Å². The van der Waals surface area contributed by atoms with Gasteiger partial charge in [0.25, 0.3) is 0 Å². The molecule has 7 rings (SSSR count). The number of nitriles is 1. The Morgan fingerprint density at radius 3 is 2.60 bits per heavy atom. The Morgan fingerprint density at radius 2 is 1.81 bits per heavy atom. The third-order valence-corrected chi connectivity index (χ3v) is 8.14. The fraction of sp³-hybridized carbons (Fsp3) is 0.125. The second-order valence-corrected chi connectivity index (χ2v) is 11.1. The van der Waals surface area contributed by atoms with Gasteiger partial charge in [0.05, 0.1) is 39.5 Å². The molecule has 0 aliphatic heterocycles. The second kappa shape index (κ2) is 10.2. The van der Waals surface area contributed by atoms with Gasteiger partial charge in [-0.3, -0.25) is 4.98 Å². The summed E-state index contributed by atoms with van der Waals surface area (Å²) in [4.78, 5) is 4.52. The van der Waals surface area contributed by atoms with Crippen molar-refractivity contribution in [3.05, 3.63) is 119 Å². The van der Waals surface area contributed by atoms with E-state index in [4.69, 9.17) is 11.6 Å². The summed E-state index contributed by atoms with van der Waals surface area (Å²) in [6.07, 6.45) is 5.63. The average molecular weight is 572 g/mol. The van der Waals surface area contributed by atoms with E-state index in [0.717, 1.165) is 34.9 Å². The van der Waals surface area contributed by atoms with Gasteiger partial charge in [-0.05, 0) is 54.1 Å². The molecule has 0 bridgehead atoms. The number of nitrogens with zero attached hydrogens (tertiary/aromatic N) is 5. The molecule has 1 fully saturated rings. The maximum absolute atomic E-state index is 13.9. The molecule has 6 aromatic rings. The zero-order chi connectivity index (χ0) is 28.8. The van der Waals surface area contributed by atoms with Crippen LogP contribution >= 0.6 is 11.6 Å². The van der Waals surface area contributed by atoms with E-state index in [1.165, 1.54) is 18.3 Å². The Kier molecular flexibility index (Phi) is 6.29. The lowest BCUT2D eigenvalue weighted by Gasteiger charge is -2.31. The number of hydrogen-bond acceptors (Lipinski definition) is 6. The highest BCUT2D eigenvalue weighted by atomic mass is 35.5. The largest absolute Gasteiger partial charge is 0.378 e. The third kappa shape index (κ3) is 4.60. The molecule has 10 heteroatoms. The highest BCUT2D eigenvalue weighted by Gasteiger charge is 2.34. The van der Waals surface area contributed by atoms with Crippen LogP contribution in [0.1, 0.15) is 35.7 Å².